The summed E-state index contributed by atoms with van der Waals surface area (Å²) >= 11 is 3.39. The van der Waals surface area contributed by atoms with Crippen LogP contribution in [-0.2, 0) is 11.2 Å². The third-order valence-corrected chi connectivity index (χ3v) is 3.28. The highest BCUT2D eigenvalue weighted by Gasteiger charge is 2.06. The number of carbonyl (C=O) groups is 1. The fourth-order valence-corrected chi connectivity index (χ4v) is 2.17. The van der Waals surface area contributed by atoms with Crippen molar-refractivity contribution in [3.63, 3.8) is 0 Å². The Hall–Kier alpha value is -1.81. The molecule has 3 nitrogen and oxygen atoms in total. The van der Waals surface area contributed by atoms with Gasteiger partial charge in [0.1, 0.15) is 0 Å². The van der Waals surface area contributed by atoms with Gasteiger partial charge in [0.15, 0.2) is 0 Å². The van der Waals surface area contributed by atoms with E-state index in [4.69, 9.17) is 5.73 Å². The zero-order chi connectivity index (χ0) is 13.8. The topological polar surface area (TPSA) is 55.1 Å². The van der Waals surface area contributed by atoms with E-state index in [2.05, 4.69) is 21.2 Å². The molecule has 0 aliphatic carbocycles. The summed E-state index contributed by atoms with van der Waals surface area (Å²) in [6.45, 7) is 1.96. The molecule has 0 saturated carbocycles. The number of rotatable bonds is 3. The van der Waals surface area contributed by atoms with Gasteiger partial charge in [0, 0.05) is 15.8 Å². The summed E-state index contributed by atoms with van der Waals surface area (Å²) in [4.78, 5) is 12.0. The lowest BCUT2D eigenvalue weighted by atomic mass is 10.1. The lowest BCUT2D eigenvalue weighted by Crippen LogP contribution is -2.15. The van der Waals surface area contributed by atoms with Gasteiger partial charge in [-0.25, -0.2) is 0 Å². The van der Waals surface area contributed by atoms with Gasteiger partial charge in [-0.1, -0.05) is 34.1 Å². The maximum atomic E-state index is 12.0. The van der Waals surface area contributed by atoms with E-state index >= 15 is 0 Å². The quantitative estimate of drug-likeness (QED) is 0.851. The molecule has 19 heavy (non-hydrogen) atoms. The molecule has 98 valence electrons. The number of anilines is 2. The first kappa shape index (κ1) is 13.6. The highest BCUT2D eigenvalue weighted by atomic mass is 79.9. The Morgan fingerprint density at radius 2 is 2.05 bits per heavy atom. The van der Waals surface area contributed by atoms with Crippen molar-refractivity contribution < 1.29 is 4.79 Å². The Morgan fingerprint density at radius 3 is 2.79 bits per heavy atom. The normalized spacial score (nSPS) is 10.2. The average molecular weight is 319 g/mol. The Morgan fingerprint density at radius 1 is 1.26 bits per heavy atom. The Kier molecular flexibility index (Phi) is 4.22. The summed E-state index contributed by atoms with van der Waals surface area (Å²) in [6, 6.07) is 13.2. The van der Waals surface area contributed by atoms with E-state index in [1.807, 2.05) is 43.3 Å². The molecule has 3 N–H and O–H groups in total. The zero-order valence-electron chi connectivity index (χ0n) is 10.6. The van der Waals surface area contributed by atoms with Crippen molar-refractivity contribution in [1.29, 1.82) is 0 Å². The number of hydrogen-bond acceptors (Lipinski definition) is 2. The summed E-state index contributed by atoms with van der Waals surface area (Å²) in [5.41, 5.74) is 9.12. The second-order valence-electron chi connectivity index (χ2n) is 4.43. The number of nitrogens with two attached hydrogens (primary N) is 1. The van der Waals surface area contributed by atoms with Crippen molar-refractivity contribution in [2.75, 3.05) is 11.1 Å². The zero-order valence-corrected chi connectivity index (χ0v) is 12.2. The van der Waals surface area contributed by atoms with Crippen LogP contribution in [0.4, 0.5) is 11.4 Å². The van der Waals surface area contributed by atoms with Crippen molar-refractivity contribution in [3.05, 3.63) is 58.1 Å². The van der Waals surface area contributed by atoms with Crippen LogP contribution < -0.4 is 11.1 Å². The van der Waals surface area contributed by atoms with Crippen LogP contribution in [0.25, 0.3) is 0 Å². The van der Waals surface area contributed by atoms with Crippen LogP contribution in [0.3, 0.4) is 0 Å². The van der Waals surface area contributed by atoms with Crippen LogP contribution >= 0.6 is 15.9 Å². The Bertz CT molecular complexity index is 611. The molecule has 2 aromatic rings. The van der Waals surface area contributed by atoms with Crippen LogP contribution in [0.1, 0.15) is 11.1 Å². The summed E-state index contributed by atoms with van der Waals surface area (Å²) < 4.78 is 0.942. The van der Waals surface area contributed by atoms with Crippen LogP contribution in [0, 0.1) is 6.92 Å². The van der Waals surface area contributed by atoms with Gasteiger partial charge in [-0.05, 0) is 42.3 Å². The molecular formula is C15H15BrN2O. The first-order valence-electron chi connectivity index (χ1n) is 5.95. The van der Waals surface area contributed by atoms with Crippen LogP contribution in [0.15, 0.2) is 46.9 Å². The molecule has 2 rings (SSSR count). The SMILES string of the molecule is Cc1ccc(Br)cc1NC(=O)Cc1cccc(N)c1. The minimum Gasteiger partial charge on any atom is -0.399 e. The van der Waals surface area contributed by atoms with E-state index in [0.29, 0.717) is 12.1 Å². The fourth-order valence-electron chi connectivity index (χ4n) is 1.81. The molecular weight excluding hydrogens is 304 g/mol. The van der Waals surface area contributed by atoms with Crippen molar-refractivity contribution in [2.24, 2.45) is 0 Å². The highest BCUT2D eigenvalue weighted by molar-refractivity contribution is 9.10. The number of nitrogen functional groups attached to an aromatic ring is 1. The predicted octanol–water partition coefficient (Wildman–Crippen LogP) is 3.52. The molecule has 0 aromatic heterocycles. The first-order valence-corrected chi connectivity index (χ1v) is 6.74. The number of nitrogens with one attached hydrogen (secondary N) is 1. The number of benzene rings is 2. The average Bonchev–Trinajstić information content (AvgIpc) is 2.34. The summed E-state index contributed by atoms with van der Waals surface area (Å²) in [6.07, 6.45) is 0.316. The maximum Gasteiger partial charge on any atom is 0.228 e. The number of carbonyl (C=O) groups excluding carboxylic acids is 1. The molecule has 2 aromatic carbocycles. The lowest BCUT2D eigenvalue weighted by molar-refractivity contribution is -0.115. The van der Waals surface area contributed by atoms with Crippen LogP contribution in [-0.4, -0.2) is 5.91 Å². The highest BCUT2D eigenvalue weighted by Crippen LogP contribution is 2.21. The van der Waals surface area contributed by atoms with Gasteiger partial charge >= 0.3 is 0 Å². The van der Waals surface area contributed by atoms with E-state index in [0.717, 1.165) is 21.3 Å². The number of hydrogen-bond donors (Lipinski definition) is 2. The van der Waals surface area contributed by atoms with Crippen molar-refractivity contribution in [3.8, 4) is 0 Å². The van der Waals surface area contributed by atoms with Crippen molar-refractivity contribution >= 4 is 33.2 Å². The summed E-state index contributed by atoms with van der Waals surface area (Å²) in [7, 11) is 0. The third kappa shape index (κ3) is 3.83. The molecule has 0 unspecified atom stereocenters. The van der Waals surface area contributed by atoms with Gasteiger partial charge < -0.3 is 11.1 Å². The molecule has 0 atom stereocenters. The molecule has 0 aliphatic heterocycles. The monoisotopic (exact) mass is 318 g/mol. The standard InChI is InChI=1S/C15H15BrN2O/c1-10-5-6-12(16)9-14(10)18-15(19)8-11-3-2-4-13(17)7-11/h2-7,9H,8,17H2,1H3,(H,18,19). The van der Waals surface area contributed by atoms with Gasteiger partial charge in [-0.3, -0.25) is 4.79 Å². The lowest BCUT2D eigenvalue weighted by Gasteiger charge is -2.09. The van der Waals surface area contributed by atoms with Crippen molar-refractivity contribution in [2.45, 2.75) is 13.3 Å². The molecule has 4 heteroatoms. The summed E-state index contributed by atoms with van der Waals surface area (Å²) in [5.74, 6) is -0.0493. The number of aryl methyl sites for hydroxylation is 1. The Labute approximate surface area is 121 Å². The van der Waals surface area contributed by atoms with Gasteiger partial charge in [0.2, 0.25) is 5.91 Å². The molecule has 0 radical (unpaired) electrons. The molecule has 0 saturated heterocycles. The third-order valence-electron chi connectivity index (χ3n) is 2.79. The van der Waals surface area contributed by atoms with E-state index in [9.17, 15) is 4.79 Å². The van der Waals surface area contributed by atoms with Gasteiger partial charge in [0.25, 0.3) is 0 Å². The minimum atomic E-state index is -0.0493. The summed E-state index contributed by atoms with van der Waals surface area (Å²) in [5, 5.41) is 2.91. The van der Waals surface area contributed by atoms with Gasteiger partial charge in [-0.2, -0.15) is 0 Å². The van der Waals surface area contributed by atoms with Gasteiger partial charge in [-0.15, -0.1) is 0 Å². The van der Waals surface area contributed by atoms with Gasteiger partial charge in [0.05, 0.1) is 6.42 Å². The number of halogens is 1. The van der Waals surface area contributed by atoms with Crippen LogP contribution in [0.5, 0.6) is 0 Å². The Balaban J connectivity index is 2.07. The molecule has 0 aliphatic rings. The fraction of sp³-hybridized carbons (Fsp3) is 0.133. The van der Waals surface area contributed by atoms with Crippen LogP contribution in [0.2, 0.25) is 0 Å². The smallest absolute Gasteiger partial charge is 0.228 e. The second kappa shape index (κ2) is 5.89. The molecule has 0 heterocycles. The van der Waals surface area contributed by atoms with E-state index in [1.165, 1.54) is 0 Å². The first-order chi connectivity index (χ1) is 9.04. The number of amides is 1. The van der Waals surface area contributed by atoms with E-state index < -0.39 is 0 Å². The molecule has 0 bridgehead atoms. The van der Waals surface area contributed by atoms with E-state index in [-0.39, 0.29) is 5.91 Å². The molecule has 0 fully saturated rings. The second-order valence-corrected chi connectivity index (χ2v) is 5.34. The van der Waals surface area contributed by atoms with Crippen molar-refractivity contribution in [1.82, 2.24) is 0 Å². The van der Waals surface area contributed by atoms with E-state index in [1.54, 1.807) is 6.07 Å². The molecule has 0 spiro atoms. The predicted molar refractivity (Wildman–Crippen MR) is 82.1 cm³/mol. The minimum absolute atomic E-state index is 0.0493. The molecule has 1 amide bonds. The maximum absolute atomic E-state index is 12.0. The largest absolute Gasteiger partial charge is 0.399 e.